The van der Waals surface area contributed by atoms with E-state index in [4.69, 9.17) is 12.2 Å². The van der Waals surface area contributed by atoms with E-state index in [0.717, 1.165) is 29.1 Å². The first kappa shape index (κ1) is 26.6. The molecule has 3 heterocycles. The second-order valence-electron chi connectivity index (χ2n) is 10.3. The number of hydrogen-bond donors (Lipinski definition) is 2. The molecular weight excluding hydrogens is 502 g/mol. The average Bonchev–Trinajstić information content (AvgIpc) is 3.41. The summed E-state index contributed by atoms with van der Waals surface area (Å²) in [4.78, 5) is 19.9. The summed E-state index contributed by atoms with van der Waals surface area (Å²) >= 11 is 5.85. The lowest BCUT2D eigenvalue weighted by Crippen LogP contribution is -2.33. The van der Waals surface area contributed by atoms with Crippen molar-refractivity contribution >= 4 is 28.9 Å². The van der Waals surface area contributed by atoms with Crippen LogP contribution in [0.3, 0.4) is 0 Å². The summed E-state index contributed by atoms with van der Waals surface area (Å²) in [5.74, 6) is -0.0268. The lowest BCUT2D eigenvalue weighted by molar-refractivity contribution is -0.116. The third kappa shape index (κ3) is 5.73. The maximum atomic E-state index is 13.0. The second kappa shape index (κ2) is 11.4. The Hall–Kier alpha value is -3.97. The summed E-state index contributed by atoms with van der Waals surface area (Å²) in [6, 6.07) is 24.6. The number of hydrogen-bond acceptors (Lipinski definition) is 3. The minimum absolute atomic E-state index is 0.0268. The topological polar surface area (TPSA) is 62.2 Å². The molecule has 7 heteroatoms. The van der Waals surface area contributed by atoms with Gasteiger partial charge in [0, 0.05) is 42.8 Å². The Morgan fingerprint density at radius 1 is 1.00 bits per heavy atom. The van der Waals surface area contributed by atoms with Gasteiger partial charge >= 0.3 is 0 Å². The largest absolute Gasteiger partial charge is 0.352 e. The van der Waals surface area contributed by atoms with Crippen LogP contribution < -0.4 is 10.6 Å². The molecule has 0 bridgehead atoms. The molecule has 1 aliphatic heterocycles. The molecule has 0 spiro atoms. The lowest BCUT2D eigenvalue weighted by Gasteiger charge is -2.28. The summed E-state index contributed by atoms with van der Waals surface area (Å²) in [5, 5.41) is 7.25. The first-order chi connectivity index (χ1) is 18.8. The number of anilines is 1. The quantitative estimate of drug-likeness (QED) is 0.263. The van der Waals surface area contributed by atoms with Gasteiger partial charge in [0.1, 0.15) is 0 Å². The smallest absolute Gasteiger partial charge is 0.226 e. The fourth-order valence-corrected chi connectivity index (χ4v) is 5.76. The Morgan fingerprint density at radius 3 is 2.51 bits per heavy atom. The molecule has 39 heavy (non-hydrogen) atoms. The van der Waals surface area contributed by atoms with E-state index in [1.807, 2.05) is 56.4 Å². The number of thiocarbonyl (C=S) groups is 1. The summed E-state index contributed by atoms with van der Waals surface area (Å²) < 4.78 is 2.35. The van der Waals surface area contributed by atoms with Crippen molar-refractivity contribution in [3.05, 3.63) is 118 Å². The fraction of sp³-hybridized carbons (Fsp3) is 0.281. The van der Waals surface area contributed by atoms with Gasteiger partial charge in [-0.1, -0.05) is 48.5 Å². The van der Waals surface area contributed by atoms with Crippen molar-refractivity contribution in [2.24, 2.45) is 0 Å². The lowest BCUT2D eigenvalue weighted by atomic mass is 9.96. The molecule has 1 fully saturated rings. The summed E-state index contributed by atoms with van der Waals surface area (Å²) in [5.41, 5.74) is 8.79. The number of amides is 1. The predicted molar refractivity (Wildman–Crippen MR) is 161 cm³/mol. The molecule has 1 amide bonds. The van der Waals surface area contributed by atoms with E-state index in [1.54, 1.807) is 0 Å². The number of carbonyl (C=O) groups is 1. The maximum Gasteiger partial charge on any atom is 0.226 e. The first-order valence-corrected chi connectivity index (χ1v) is 13.8. The first-order valence-electron chi connectivity index (χ1n) is 13.4. The van der Waals surface area contributed by atoms with Gasteiger partial charge in [-0.3, -0.25) is 9.78 Å². The molecule has 2 aromatic carbocycles. The highest BCUT2D eigenvalue weighted by atomic mass is 32.1. The molecule has 6 nitrogen and oxygen atoms in total. The van der Waals surface area contributed by atoms with E-state index < -0.39 is 0 Å². The van der Waals surface area contributed by atoms with Crippen molar-refractivity contribution in [3.63, 3.8) is 0 Å². The number of nitrogens with one attached hydrogen (secondary N) is 2. The van der Waals surface area contributed by atoms with Crippen LogP contribution in [-0.2, 0) is 11.3 Å². The van der Waals surface area contributed by atoms with Gasteiger partial charge in [0.15, 0.2) is 5.11 Å². The van der Waals surface area contributed by atoms with Crippen LogP contribution in [-0.4, -0.2) is 32.0 Å². The number of rotatable bonds is 8. The molecule has 4 aromatic rings. The van der Waals surface area contributed by atoms with E-state index in [2.05, 4.69) is 75.3 Å². The fourth-order valence-electron chi connectivity index (χ4n) is 5.43. The van der Waals surface area contributed by atoms with Crippen molar-refractivity contribution in [1.82, 2.24) is 19.8 Å². The average molecular weight is 538 g/mol. The van der Waals surface area contributed by atoms with Crippen LogP contribution in [0.5, 0.6) is 0 Å². The van der Waals surface area contributed by atoms with Crippen molar-refractivity contribution in [2.45, 2.75) is 52.7 Å². The molecule has 0 saturated carbocycles. The molecule has 0 radical (unpaired) electrons. The highest BCUT2D eigenvalue weighted by Gasteiger charge is 2.41. The highest BCUT2D eigenvalue weighted by molar-refractivity contribution is 7.80. The van der Waals surface area contributed by atoms with Gasteiger partial charge in [0.25, 0.3) is 0 Å². The molecule has 2 N–H and O–H groups in total. The summed E-state index contributed by atoms with van der Waals surface area (Å²) in [6.07, 6.45) is 2.14. The Balaban J connectivity index is 1.43. The molecule has 1 aliphatic rings. The number of pyridine rings is 1. The maximum absolute atomic E-state index is 13.0. The third-order valence-electron chi connectivity index (χ3n) is 7.56. The molecule has 5 rings (SSSR count). The van der Waals surface area contributed by atoms with Crippen LogP contribution in [0.25, 0.3) is 0 Å². The Bertz CT molecular complexity index is 1480. The van der Waals surface area contributed by atoms with Crippen LogP contribution >= 0.6 is 12.2 Å². The molecule has 2 aromatic heterocycles. The molecular formula is C32H35N5OS. The minimum Gasteiger partial charge on any atom is -0.352 e. The molecule has 2 atom stereocenters. The van der Waals surface area contributed by atoms with Gasteiger partial charge in [-0.25, -0.2) is 0 Å². The van der Waals surface area contributed by atoms with Gasteiger partial charge in [-0.2, -0.15) is 0 Å². The zero-order valence-electron chi connectivity index (χ0n) is 22.9. The van der Waals surface area contributed by atoms with Gasteiger partial charge in [0.2, 0.25) is 5.91 Å². The summed E-state index contributed by atoms with van der Waals surface area (Å²) in [6.45, 7) is 9.66. The Kier molecular flexibility index (Phi) is 7.79. The number of carbonyl (C=O) groups excluding carboxylic acids is 1. The Morgan fingerprint density at radius 2 is 1.77 bits per heavy atom. The van der Waals surface area contributed by atoms with Crippen LogP contribution in [0, 0.1) is 27.7 Å². The number of aromatic nitrogens is 2. The van der Waals surface area contributed by atoms with Gasteiger partial charge < -0.3 is 20.1 Å². The SMILES string of the molecule is Cc1ccc(C)c(NC(=O)CCN2C(=S)NC(c3ccccn3)C2c2cc(C)n(Cc3ccccc3)c2C)c1. The van der Waals surface area contributed by atoms with Crippen molar-refractivity contribution < 1.29 is 4.79 Å². The van der Waals surface area contributed by atoms with Crippen molar-refractivity contribution in [3.8, 4) is 0 Å². The van der Waals surface area contributed by atoms with E-state index >= 15 is 0 Å². The standard InChI is InChI=1S/C32H35N5OS/c1-21-13-14-22(2)28(18-21)34-29(38)15-17-36-31(30(35-32(36)39)27-12-8-9-16-33-27)26-19-23(3)37(24(26)4)20-25-10-6-5-7-11-25/h5-14,16,18-19,30-31H,15,17,20H2,1-4H3,(H,34,38)(H,35,39). The number of benzene rings is 2. The monoisotopic (exact) mass is 537 g/mol. The van der Waals surface area contributed by atoms with Gasteiger partial charge in [0.05, 0.1) is 17.8 Å². The van der Waals surface area contributed by atoms with E-state index in [1.165, 1.54) is 22.5 Å². The molecule has 200 valence electrons. The third-order valence-corrected chi connectivity index (χ3v) is 7.91. The highest BCUT2D eigenvalue weighted by Crippen LogP contribution is 2.41. The predicted octanol–water partition coefficient (Wildman–Crippen LogP) is 6.17. The van der Waals surface area contributed by atoms with E-state index in [9.17, 15) is 4.79 Å². The Labute approximate surface area is 236 Å². The zero-order valence-corrected chi connectivity index (χ0v) is 23.8. The van der Waals surface area contributed by atoms with E-state index in [0.29, 0.717) is 18.1 Å². The summed E-state index contributed by atoms with van der Waals surface area (Å²) in [7, 11) is 0. The van der Waals surface area contributed by atoms with Crippen molar-refractivity contribution in [1.29, 1.82) is 0 Å². The molecule has 0 aliphatic carbocycles. The van der Waals surface area contributed by atoms with Gasteiger partial charge in [-0.15, -0.1) is 0 Å². The van der Waals surface area contributed by atoms with Crippen molar-refractivity contribution in [2.75, 3.05) is 11.9 Å². The number of nitrogens with zero attached hydrogens (tertiary/aromatic N) is 3. The minimum atomic E-state index is -0.119. The van der Waals surface area contributed by atoms with E-state index in [-0.39, 0.29) is 18.0 Å². The molecule has 2 unspecified atom stereocenters. The second-order valence-corrected chi connectivity index (χ2v) is 10.7. The zero-order chi connectivity index (χ0) is 27.5. The van der Waals surface area contributed by atoms with Crippen LogP contribution in [0.4, 0.5) is 5.69 Å². The van der Waals surface area contributed by atoms with Crippen LogP contribution in [0.1, 0.15) is 57.8 Å². The van der Waals surface area contributed by atoms with Crippen LogP contribution in [0.2, 0.25) is 0 Å². The molecule has 1 saturated heterocycles. The number of aryl methyl sites for hydroxylation is 3. The normalized spacial score (nSPS) is 16.8. The van der Waals surface area contributed by atoms with Gasteiger partial charge in [-0.05, 0) is 86.4 Å². The van der Waals surface area contributed by atoms with Crippen LogP contribution in [0.15, 0.2) is 79.0 Å².